The van der Waals surface area contributed by atoms with Crippen LogP contribution in [-0.4, -0.2) is 33.8 Å². The van der Waals surface area contributed by atoms with E-state index in [1.807, 2.05) is 0 Å². The van der Waals surface area contributed by atoms with Crippen LogP contribution in [0, 0.1) is 5.82 Å². The Labute approximate surface area is 108 Å². The molecule has 1 aliphatic heterocycles. The molecule has 2 amide bonds. The molecule has 0 saturated carbocycles. The molecule has 1 aromatic rings. The van der Waals surface area contributed by atoms with Crippen molar-refractivity contribution in [3.05, 3.63) is 35.6 Å². The maximum Gasteiger partial charge on any atom is 0.326 e. The van der Waals surface area contributed by atoms with Crippen LogP contribution in [0.5, 0.6) is 0 Å². The molecule has 6 heteroatoms. The Morgan fingerprint density at radius 3 is 2.79 bits per heavy atom. The molecule has 0 bridgehead atoms. The van der Waals surface area contributed by atoms with E-state index < -0.39 is 29.6 Å². The lowest BCUT2D eigenvalue weighted by Crippen LogP contribution is -2.43. The third-order valence-electron chi connectivity index (χ3n) is 3.01. The average molecular weight is 265 g/mol. The number of likely N-dealkylation sites (tertiary alicyclic amines) is 1. The number of benzene rings is 1. The van der Waals surface area contributed by atoms with Crippen LogP contribution in [0.15, 0.2) is 24.3 Å². The third kappa shape index (κ3) is 2.78. The summed E-state index contributed by atoms with van der Waals surface area (Å²) in [7, 11) is 0. The normalized spacial score (nSPS) is 18.7. The monoisotopic (exact) mass is 265 g/mol. The molecule has 0 aliphatic carbocycles. The Morgan fingerprint density at radius 2 is 2.16 bits per heavy atom. The summed E-state index contributed by atoms with van der Waals surface area (Å²) < 4.78 is 13.0. The molecule has 100 valence electrons. The lowest BCUT2D eigenvalue weighted by molar-refractivity contribution is -0.153. The highest BCUT2D eigenvalue weighted by molar-refractivity contribution is 6.02. The standard InChI is InChI=1S/C13H12FNO4/c14-9-3-1-2-8(6-9)7-12(17)15-10(13(18)19)4-5-11(15)16/h1-3,6,10H,4-5,7H2,(H,18,19). The second-order valence-corrected chi connectivity index (χ2v) is 4.36. The fraction of sp³-hybridized carbons (Fsp3) is 0.308. The minimum Gasteiger partial charge on any atom is -0.480 e. The van der Waals surface area contributed by atoms with E-state index in [0.29, 0.717) is 5.56 Å². The minimum atomic E-state index is -1.20. The van der Waals surface area contributed by atoms with Crippen LogP contribution in [0.2, 0.25) is 0 Å². The molecule has 0 spiro atoms. The molecule has 0 radical (unpaired) electrons. The first kappa shape index (κ1) is 13.2. The van der Waals surface area contributed by atoms with Gasteiger partial charge in [-0.05, 0) is 24.1 Å². The van der Waals surface area contributed by atoms with E-state index in [9.17, 15) is 18.8 Å². The Kier molecular flexibility index (Phi) is 3.59. The largest absolute Gasteiger partial charge is 0.480 e. The second kappa shape index (κ2) is 5.17. The highest BCUT2D eigenvalue weighted by Crippen LogP contribution is 2.20. The van der Waals surface area contributed by atoms with Crippen molar-refractivity contribution in [2.24, 2.45) is 0 Å². The molecule has 0 aromatic heterocycles. The fourth-order valence-corrected chi connectivity index (χ4v) is 2.14. The zero-order valence-corrected chi connectivity index (χ0v) is 10.0. The van der Waals surface area contributed by atoms with Crippen LogP contribution < -0.4 is 0 Å². The molecule has 1 atom stereocenters. The van der Waals surface area contributed by atoms with E-state index in [1.165, 1.54) is 18.2 Å². The fourth-order valence-electron chi connectivity index (χ4n) is 2.14. The minimum absolute atomic E-state index is 0.0475. The van der Waals surface area contributed by atoms with Crippen molar-refractivity contribution in [1.29, 1.82) is 0 Å². The maximum atomic E-state index is 13.0. The summed E-state index contributed by atoms with van der Waals surface area (Å²) in [5.74, 6) is -2.78. The van der Waals surface area contributed by atoms with Gasteiger partial charge in [0.25, 0.3) is 0 Å². The number of rotatable bonds is 3. The molecule has 2 rings (SSSR count). The van der Waals surface area contributed by atoms with Gasteiger partial charge in [0.2, 0.25) is 11.8 Å². The van der Waals surface area contributed by atoms with Crippen LogP contribution in [0.25, 0.3) is 0 Å². The number of nitrogens with zero attached hydrogens (tertiary/aromatic N) is 1. The number of hydrogen-bond donors (Lipinski definition) is 1. The van der Waals surface area contributed by atoms with E-state index in [1.54, 1.807) is 6.07 Å². The molecule has 1 N–H and O–H groups in total. The van der Waals surface area contributed by atoms with Gasteiger partial charge in [0, 0.05) is 6.42 Å². The molecule has 1 unspecified atom stereocenters. The van der Waals surface area contributed by atoms with Crippen molar-refractivity contribution in [2.75, 3.05) is 0 Å². The number of carboxylic acids is 1. The summed E-state index contributed by atoms with van der Waals surface area (Å²) in [6, 6.07) is 4.34. The van der Waals surface area contributed by atoms with Crippen molar-refractivity contribution >= 4 is 17.8 Å². The van der Waals surface area contributed by atoms with Gasteiger partial charge in [-0.25, -0.2) is 9.18 Å². The highest BCUT2D eigenvalue weighted by atomic mass is 19.1. The lowest BCUT2D eigenvalue weighted by atomic mass is 10.1. The number of carbonyl (C=O) groups is 3. The number of amides is 2. The van der Waals surface area contributed by atoms with Crippen LogP contribution in [0.1, 0.15) is 18.4 Å². The van der Waals surface area contributed by atoms with Crippen molar-refractivity contribution in [1.82, 2.24) is 4.90 Å². The number of imide groups is 1. The zero-order chi connectivity index (χ0) is 14.0. The molecule has 1 fully saturated rings. The van der Waals surface area contributed by atoms with Crippen molar-refractivity contribution < 1.29 is 23.9 Å². The Hall–Kier alpha value is -2.24. The summed E-state index contributed by atoms with van der Waals surface area (Å²) in [5.41, 5.74) is 0.411. The summed E-state index contributed by atoms with van der Waals surface area (Å²) in [5, 5.41) is 8.95. The predicted molar refractivity (Wildman–Crippen MR) is 62.6 cm³/mol. The number of aliphatic carboxylic acids is 1. The van der Waals surface area contributed by atoms with E-state index in [-0.39, 0.29) is 19.3 Å². The Bertz CT molecular complexity index is 543. The SMILES string of the molecule is O=C(O)C1CCC(=O)N1C(=O)Cc1cccc(F)c1. The van der Waals surface area contributed by atoms with Crippen LogP contribution >= 0.6 is 0 Å². The van der Waals surface area contributed by atoms with E-state index in [0.717, 1.165) is 4.90 Å². The average Bonchev–Trinajstić information content (AvgIpc) is 2.71. The first-order valence-corrected chi connectivity index (χ1v) is 5.81. The number of hydrogen-bond acceptors (Lipinski definition) is 3. The lowest BCUT2D eigenvalue weighted by Gasteiger charge is -2.19. The van der Waals surface area contributed by atoms with Gasteiger partial charge in [0.05, 0.1) is 6.42 Å². The predicted octanol–water partition coefficient (Wildman–Crippen LogP) is 0.970. The molecule has 1 saturated heterocycles. The smallest absolute Gasteiger partial charge is 0.326 e. The molecule has 5 nitrogen and oxygen atoms in total. The van der Waals surface area contributed by atoms with Gasteiger partial charge in [-0.1, -0.05) is 12.1 Å². The topological polar surface area (TPSA) is 74.7 Å². The third-order valence-corrected chi connectivity index (χ3v) is 3.01. The van der Waals surface area contributed by atoms with Crippen molar-refractivity contribution in [3.63, 3.8) is 0 Å². The first-order valence-electron chi connectivity index (χ1n) is 5.81. The number of carbonyl (C=O) groups excluding carboxylic acids is 2. The van der Waals surface area contributed by atoms with Gasteiger partial charge >= 0.3 is 5.97 Å². The molecular formula is C13H12FNO4. The number of halogens is 1. The van der Waals surface area contributed by atoms with Crippen molar-refractivity contribution in [2.45, 2.75) is 25.3 Å². The van der Waals surface area contributed by atoms with E-state index in [2.05, 4.69) is 0 Å². The molecule has 19 heavy (non-hydrogen) atoms. The molecule has 1 heterocycles. The summed E-state index contributed by atoms with van der Waals surface area (Å²) in [4.78, 5) is 35.3. The number of carboxylic acid groups (broad SMARTS) is 1. The summed E-state index contributed by atoms with van der Waals surface area (Å²) >= 11 is 0. The van der Waals surface area contributed by atoms with Crippen LogP contribution in [0.3, 0.4) is 0 Å². The Morgan fingerprint density at radius 1 is 1.42 bits per heavy atom. The van der Waals surface area contributed by atoms with Gasteiger partial charge in [0.1, 0.15) is 11.9 Å². The van der Waals surface area contributed by atoms with Gasteiger partial charge in [-0.15, -0.1) is 0 Å². The second-order valence-electron chi connectivity index (χ2n) is 4.36. The van der Waals surface area contributed by atoms with Crippen molar-refractivity contribution in [3.8, 4) is 0 Å². The van der Waals surface area contributed by atoms with Crippen LogP contribution in [-0.2, 0) is 20.8 Å². The summed E-state index contributed by atoms with van der Waals surface area (Å²) in [6.45, 7) is 0. The molecule has 1 aromatic carbocycles. The highest BCUT2D eigenvalue weighted by Gasteiger charge is 2.39. The van der Waals surface area contributed by atoms with Gasteiger partial charge in [-0.3, -0.25) is 14.5 Å². The zero-order valence-electron chi connectivity index (χ0n) is 10.0. The van der Waals surface area contributed by atoms with E-state index >= 15 is 0 Å². The Balaban J connectivity index is 2.14. The molecular weight excluding hydrogens is 253 g/mol. The molecule has 1 aliphatic rings. The van der Waals surface area contributed by atoms with Gasteiger partial charge < -0.3 is 5.11 Å². The van der Waals surface area contributed by atoms with Gasteiger partial charge in [0.15, 0.2) is 0 Å². The van der Waals surface area contributed by atoms with Gasteiger partial charge in [-0.2, -0.15) is 0 Å². The summed E-state index contributed by atoms with van der Waals surface area (Å²) in [6.07, 6.45) is -0.0117. The quantitative estimate of drug-likeness (QED) is 0.883. The van der Waals surface area contributed by atoms with E-state index in [4.69, 9.17) is 5.11 Å². The van der Waals surface area contributed by atoms with Crippen LogP contribution in [0.4, 0.5) is 4.39 Å². The first-order chi connectivity index (χ1) is 8.99. The maximum absolute atomic E-state index is 13.0.